The van der Waals surface area contributed by atoms with Crippen LogP contribution in [-0.4, -0.2) is 35.0 Å². The van der Waals surface area contributed by atoms with Crippen molar-refractivity contribution >= 4 is 28.1 Å². The lowest BCUT2D eigenvalue weighted by atomic mass is 10.2. The summed E-state index contributed by atoms with van der Waals surface area (Å²) in [4.78, 5) is 5.44. The van der Waals surface area contributed by atoms with Gasteiger partial charge in [0.15, 0.2) is 4.96 Å². The molecule has 0 aromatic carbocycles. The molecule has 0 spiro atoms. The smallest absolute Gasteiger partial charge is 0.237 e. The Morgan fingerprint density at radius 3 is 3.11 bits per heavy atom. The monoisotopic (exact) mass is 299 g/mol. The number of ether oxygens (including phenoxy) is 1. The van der Waals surface area contributed by atoms with Crippen LogP contribution in [0.25, 0.3) is 4.96 Å². The summed E-state index contributed by atoms with van der Waals surface area (Å²) in [6, 6.07) is 0. The molecule has 2 aromatic rings. The van der Waals surface area contributed by atoms with Crippen molar-refractivity contribution in [2.24, 2.45) is 0 Å². The van der Waals surface area contributed by atoms with Gasteiger partial charge < -0.3 is 10.1 Å². The summed E-state index contributed by atoms with van der Waals surface area (Å²) >= 11 is 3.56. The minimum atomic E-state index is 0.738. The number of nitrogens with zero attached hydrogens (tertiary/aromatic N) is 2. The van der Waals surface area contributed by atoms with Crippen molar-refractivity contribution in [1.29, 1.82) is 0 Å². The summed E-state index contributed by atoms with van der Waals surface area (Å²) in [6.07, 6.45) is 8.05. The van der Waals surface area contributed by atoms with Gasteiger partial charge in [-0.25, -0.2) is 0 Å². The lowest BCUT2D eigenvalue weighted by Crippen LogP contribution is -2.16. The van der Waals surface area contributed by atoms with Crippen LogP contribution in [-0.2, 0) is 6.54 Å². The molecule has 0 atom stereocenters. The highest BCUT2D eigenvalue weighted by atomic mass is 32.2. The Hall–Kier alpha value is -0.720. The summed E-state index contributed by atoms with van der Waals surface area (Å²) in [5, 5.41) is 5.53. The lowest BCUT2D eigenvalue weighted by Gasteiger charge is -2.05. The number of methoxy groups -OCH3 is 1. The summed E-state index contributed by atoms with van der Waals surface area (Å²) in [6.45, 7) is 1.86. The van der Waals surface area contributed by atoms with E-state index in [9.17, 15) is 0 Å². The normalized spacial score (nSPS) is 11.3. The Labute approximate surface area is 122 Å². The third-order valence-electron chi connectivity index (χ3n) is 3.01. The molecule has 2 rings (SSSR count). The van der Waals surface area contributed by atoms with E-state index in [-0.39, 0.29) is 0 Å². The molecule has 0 saturated carbocycles. The maximum atomic E-state index is 5.33. The highest BCUT2D eigenvalue weighted by Gasteiger charge is 2.12. The zero-order chi connectivity index (χ0) is 13.5. The van der Waals surface area contributed by atoms with E-state index in [1.54, 1.807) is 18.4 Å². The molecule has 0 saturated heterocycles. The predicted molar refractivity (Wildman–Crippen MR) is 83.6 cm³/mol. The molecule has 2 aromatic heterocycles. The van der Waals surface area contributed by atoms with Gasteiger partial charge in [-0.05, 0) is 31.4 Å². The second-order valence-corrected chi connectivity index (χ2v) is 6.21. The van der Waals surface area contributed by atoms with Crippen LogP contribution in [0.2, 0.25) is 0 Å². The molecule has 19 heavy (non-hydrogen) atoms. The molecule has 0 aliphatic carbocycles. The number of nitrogens with one attached hydrogen (secondary N) is 1. The number of imidazole rings is 1. The Morgan fingerprint density at radius 1 is 1.42 bits per heavy atom. The van der Waals surface area contributed by atoms with Crippen LogP contribution in [0.4, 0.5) is 0 Å². The first-order chi connectivity index (χ1) is 9.36. The zero-order valence-electron chi connectivity index (χ0n) is 11.5. The molecule has 4 nitrogen and oxygen atoms in total. The Balaban J connectivity index is 1.79. The van der Waals surface area contributed by atoms with Crippen molar-refractivity contribution in [3.05, 3.63) is 17.3 Å². The topological polar surface area (TPSA) is 38.6 Å². The minimum absolute atomic E-state index is 0.738. The largest absolute Gasteiger partial charge is 0.480 e. The lowest BCUT2D eigenvalue weighted by molar-refractivity contribution is 0.392. The molecular formula is C13H21N3OS2. The highest BCUT2D eigenvalue weighted by molar-refractivity contribution is 7.98. The van der Waals surface area contributed by atoms with Gasteiger partial charge in [0.25, 0.3) is 0 Å². The van der Waals surface area contributed by atoms with Crippen LogP contribution in [0.5, 0.6) is 5.88 Å². The number of thiazole rings is 1. The Kier molecular flexibility index (Phi) is 6.00. The first-order valence-corrected chi connectivity index (χ1v) is 8.82. The first kappa shape index (κ1) is 14.7. The number of aromatic nitrogens is 2. The minimum Gasteiger partial charge on any atom is -0.480 e. The van der Waals surface area contributed by atoms with E-state index < -0.39 is 0 Å². The van der Waals surface area contributed by atoms with Crippen LogP contribution in [0.3, 0.4) is 0 Å². The van der Waals surface area contributed by atoms with E-state index in [1.807, 2.05) is 23.3 Å². The van der Waals surface area contributed by atoms with Crippen LogP contribution in [0.1, 0.15) is 25.0 Å². The fourth-order valence-electron chi connectivity index (χ4n) is 2.02. The first-order valence-electron chi connectivity index (χ1n) is 6.55. The average molecular weight is 299 g/mol. The van der Waals surface area contributed by atoms with Gasteiger partial charge in [-0.1, -0.05) is 6.42 Å². The van der Waals surface area contributed by atoms with Gasteiger partial charge in [0, 0.05) is 18.1 Å². The second kappa shape index (κ2) is 7.77. The maximum Gasteiger partial charge on any atom is 0.237 e. The fraction of sp³-hybridized carbons (Fsp3) is 0.615. The molecule has 106 valence electrons. The van der Waals surface area contributed by atoms with Crippen LogP contribution < -0.4 is 10.1 Å². The van der Waals surface area contributed by atoms with Crippen LogP contribution >= 0.6 is 23.1 Å². The molecule has 0 amide bonds. The summed E-state index contributed by atoms with van der Waals surface area (Å²) < 4.78 is 7.43. The molecule has 6 heteroatoms. The van der Waals surface area contributed by atoms with Gasteiger partial charge in [0.2, 0.25) is 5.88 Å². The maximum absolute atomic E-state index is 5.33. The molecular weight excluding hydrogens is 278 g/mol. The van der Waals surface area contributed by atoms with Crippen molar-refractivity contribution < 1.29 is 4.74 Å². The molecule has 0 aliphatic rings. The molecule has 0 unspecified atom stereocenters. The number of unbranched alkanes of at least 4 members (excludes halogenated alkanes) is 2. The van der Waals surface area contributed by atoms with E-state index >= 15 is 0 Å². The van der Waals surface area contributed by atoms with Gasteiger partial charge in [-0.2, -0.15) is 16.7 Å². The van der Waals surface area contributed by atoms with E-state index in [2.05, 4.69) is 21.0 Å². The number of fused-ring (bicyclic) bond motifs is 1. The van der Waals surface area contributed by atoms with E-state index in [0.29, 0.717) is 0 Å². The third-order valence-corrected chi connectivity index (χ3v) is 4.47. The summed E-state index contributed by atoms with van der Waals surface area (Å²) in [5.74, 6) is 2.01. The van der Waals surface area contributed by atoms with Crippen LogP contribution in [0, 0.1) is 0 Å². The van der Waals surface area contributed by atoms with Gasteiger partial charge in [0.1, 0.15) is 5.69 Å². The molecule has 0 radical (unpaired) electrons. The summed E-state index contributed by atoms with van der Waals surface area (Å²) in [5.41, 5.74) is 1.11. The average Bonchev–Trinajstić information content (AvgIpc) is 2.99. The van der Waals surface area contributed by atoms with E-state index in [1.165, 1.54) is 25.0 Å². The van der Waals surface area contributed by atoms with Crippen molar-refractivity contribution in [3.8, 4) is 5.88 Å². The standard InChI is InChI=1S/C13H21N3OS2/c1-17-12-11(16-7-9-19-13(16)15-12)10-14-6-4-3-5-8-18-2/h7,9,14H,3-6,8,10H2,1-2H3. The number of thioether (sulfide) groups is 1. The molecule has 2 heterocycles. The molecule has 0 bridgehead atoms. The van der Waals surface area contributed by atoms with Crippen LogP contribution in [0.15, 0.2) is 11.6 Å². The predicted octanol–water partition coefficient (Wildman–Crippen LogP) is 3.03. The Morgan fingerprint density at radius 2 is 2.32 bits per heavy atom. The molecule has 0 fully saturated rings. The van der Waals surface area contributed by atoms with Crippen molar-refractivity contribution in [3.63, 3.8) is 0 Å². The zero-order valence-corrected chi connectivity index (χ0v) is 13.1. The molecule has 0 aliphatic heterocycles. The second-order valence-electron chi connectivity index (χ2n) is 4.35. The van der Waals surface area contributed by atoms with Crippen molar-refractivity contribution in [2.45, 2.75) is 25.8 Å². The summed E-state index contributed by atoms with van der Waals surface area (Å²) in [7, 11) is 1.68. The number of hydrogen-bond acceptors (Lipinski definition) is 5. The highest BCUT2D eigenvalue weighted by Crippen LogP contribution is 2.22. The van der Waals surface area contributed by atoms with Gasteiger partial charge in [-0.15, -0.1) is 11.3 Å². The Bertz CT molecular complexity index is 495. The number of hydrogen-bond donors (Lipinski definition) is 1. The van der Waals surface area contributed by atoms with Crippen molar-refractivity contribution in [1.82, 2.24) is 14.7 Å². The molecule has 1 N–H and O–H groups in total. The SMILES string of the molecule is COc1nc2sccn2c1CNCCCCCSC. The number of rotatable bonds is 9. The van der Waals surface area contributed by atoms with Crippen molar-refractivity contribution in [2.75, 3.05) is 25.7 Å². The third kappa shape index (κ3) is 3.87. The van der Waals surface area contributed by atoms with Gasteiger partial charge in [-0.3, -0.25) is 4.40 Å². The van der Waals surface area contributed by atoms with Gasteiger partial charge >= 0.3 is 0 Å². The fourth-order valence-corrected chi connectivity index (χ4v) is 3.23. The van der Waals surface area contributed by atoms with E-state index in [0.717, 1.165) is 29.6 Å². The van der Waals surface area contributed by atoms with Gasteiger partial charge in [0.05, 0.1) is 7.11 Å². The quantitative estimate of drug-likeness (QED) is 0.722. The van der Waals surface area contributed by atoms with E-state index in [4.69, 9.17) is 4.74 Å².